The minimum atomic E-state index is -0.161. The molecule has 1 unspecified atom stereocenters. The first-order valence-electron chi connectivity index (χ1n) is 7.86. The highest BCUT2D eigenvalue weighted by Crippen LogP contribution is 2.22. The number of nitrogens with two attached hydrogens (primary N) is 1. The van der Waals surface area contributed by atoms with E-state index in [1.54, 1.807) is 0 Å². The molecule has 0 rings (SSSR count). The highest BCUT2D eigenvalue weighted by atomic mass is 16.5. The van der Waals surface area contributed by atoms with Crippen molar-refractivity contribution >= 4 is 5.84 Å². The van der Waals surface area contributed by atoms with Gasteiger partial charge in [0.15, 0.2) is 0 Å². The van der Waals surface area contributed by atoms with Gasteiger partial charge in [-0.05, 0) is 26.2 Å². The number of amidine groups is 1. The first-order chi connectivity index (χ1) is 8.90. The summed E-state index contributed by atoms with van der Waals surface area (Å²) in [5.74, 6) is 0.290. The topological polar surface area (TPSA) is 59.1 Å². The van der Waals surface area contributed by atoms with Crippen LogP contribution < -0.4 is 5.73 Å². The minimum absolute atomic E-state index is 0.161. The molecule has 19 heavy (non-hydrogen) atoms. The Kier molecular flexibility index (Phi) is 9.94. The summed E-state index contributed by atoms with van der Waals surface area (Å²) in [4.78, 5) is 0. The van der Waals surface area contributed by atoms with E-state index in [1.807, 2.05) is 13.8 Å². The number of rotatable bonds is 12. The van der Waals surface area contributed by atoms with Crippen molar-refractivity contribution in [3.05, 3.63) is 0 Å². The summed E-state index contributed by atoms with van der Waals surface area (Å²) in [5, 5.41) is 7.50. The Balaban J connectivity index is 3.46. The maximum absolute atomic E-state index is 7.50. The van der Waals surface area contributed by atoms with Crippen LogP contribution >= 0.6 is 0 Å². The third kappa shape index (κ3) is 9.94. The van der Waals surface area contributed by atoms with Gasteiger partial charge in [-0.1, -0.05) is 52.9 Å². The molecule has 0 radical (unpaired) electrons. The van der Waals surface area contributed by atoms with Gasteiger partial charge < -0.3 is 10.5 Å². The zero-order chi connectivity index (χ0) is 14.7. The van der Waals surface area contributed by atoms with E-state index < -0.39 is 0 Å². The molecule has 0 heterocycles. The number of hydrogen-bond acceptors (Lipinski definition) is 2. The van der Waals surface area contributed by atoms with Crippen LogP contribution in [0.1, 0.15) is 79.1 Å². The molecule has 0 saturated heterocycles. The van der Waals surface area contributed by atoms with Crippen molar-refractivity contribution in [3.63, 3.8) is 0 Å². The number of ether oxygens (including phenoxy) is 1. The van der Waals surface area contributed by atoms with Crippen LogP contribution in [0, 0.1) is 10.8 Å². The van der Waals surface area contributed by atoms with Crippen LogP contribution in [0.3, 0.4) is 0 Å². The van der Waals surface area contributed by atoms with Crippen LogP contribution in [0.15, 0.2) is 0 Å². The van der Waals surface area contributed by atoms with E-state index in [0.29, 0.717) is 6.10 Å². The van der Waals surface area contributed by atoms with E-state index in [-0.39, 0.29) is 11.3 Å². The minimum Gasteiger partial charge on any atom is -0.387 e. The molecule has 0 aromatic rings. The second kappa shape index (κ2) is 10.2. The Morgan fingerprint density at radius 2 is 1.84 bits per heavy atom. The van der Waals surface area contributed by atoms with Crippen molar-refractivity contribution in [2.24, 2.45) is 11.1 Å². The van der Waals surface area contributed by atoms with E-state index in [9.17, 15) is 0 Å². The zero-order valence-electron chi connectivity index (χ0n) is 13.4. The molecule has 0 aromatic heterocycles. The molecule has 1 atom stereocenters. The van der Waals surface area contributed by atoms with Gasteiger partial charge in [-0.25, -0.2) is 0 Å². The normalized spacial score (nSPS) is 13.5. The van der Waals surface area contributed by atoms with Crippen LogP contribution in [0.25, 0.3) is 0 Å². The van der Waals surface area contributed by atoms with Gasteiger partial charge in [-0.3, -0.25) is 5.41 Å². The standard InChI is InChI=1S/C16H34N2O/c1-5-6-7-8-11-14(2)19-13-10-9-12-16(3,4)15(17)18/h14H,5-13H2,1-4H3,(H3,17,18). The van der Waals surface area contributed by atoms with Crippen LogP contribution in [0.5, 0.6) is 0 Å². The highest BCUT2D eigenvalue weighted by Gasteiger charge is 2.20. The molecule has 3 heteroatoms. The fourth-order valence-corrected chi connectivity index (χ4v) is 2.03. The van der Waals surface area contributed by atoms with Crippen LogP contribution in [0.4, 0.5) is 0 Å². The monoisotopic (exact) mass is 270 g/mol. The first-order valence-corrected chi connectivity index (χ1v) is 7.86. The van der Waals surface area contributed by atoms with Crippen LogP contribution in [-0.2, 0) is 4.74 Å². The summed E-state index contributed by atoms with van der Waals surface area (Å²) in [6.07, 6.45) is 9.93. The lowest BCUT2D eigenvalue weighted by atomic mass is 9.86. The molecule has 0 bridgehead atoms. The smallest absolute Gasteiger partial charge is 0.0963 e. The van der Waals surface area contributed by atoms with Gasteiger partial charge in [0.1, 0.15) is 0 Å². The van der Waals surface area contributed by atoms with Crippen molar-refractivity contribution in [3.8, 4) is 0 Å². The van der Waals surface area contributed by atoms with Crippen molar-refractivity contribution in [1.29, 1.82) is 5.41 Å². The molecular weight excluding hydrogens is 236 g/mol. The molecule has 0 aliphatic rings. The molecule has 3 nitrogen and oxygen atoms in total. The molecule has 114 valence electrons. The van der Waals surface area contributed by atoms with E-state index >= 15 is 0 Å². The SMILES string of the molecule is CCCCCCC(C)OCCCCC(C)(C)C(=N)N. The summed E-state index contributed by atoms with van der Waals surface area (Å²) in [6.45, 7) is 9.32. The molecule has 0 amide bonds. The predicted molar refractivity (Wildman–Crippen MR) is 83.7 cm³/mol. The average Bonchev–Trinajstić information content (AvgIpc) is 2.34. The third-order valence-electron chi connectivity index (χ3n) is 3.79. The Labute approximate surface area is 119 Å². The van der Waals surface area contributed by atoms with Gasteiger partial charge in [0.05, 0.1) is 11.9 Å². The van der Waals surface area contributed by atoms with Crippen LogP contribution in [-0.4, -0.2) is 18.5 Å². The first kappa shape index (κ1) is 18.4. The molecule has 0 fully saturated rings. The average molecular weight is 270 g/mol. The Hall–Kier alpha value is -0.570. The van der Waals surface area contributed by atoms with Gasteiger partial charge in [0.2, 0.25) is 0 Å². The molecule has 0 aromatic carbocycles. The number of unbranched alkanes of at least 4 members (excludes halogenated alkanes) is 4. The maximum Gasteiger partial charge on any atom is 0.0963 e. The molecule has 3 N–H and O–H groups in total. The quantitative estimate of drug-likeness (QED) is 0.312. The number of nitrogens with one attached hydrogen (secondary N) is 1. The molecule has 0 spiro atoms. The molecule has 0 saturated carbocycles. The van der Waals surface area contributed by atoms with Crippen molar-refractivity contribution in [2.45, 2.75) is 85.2 Å². The Morgan fingerprint density at radius 1 is 1.16 bits per heavy atom. The summed E-state index contributed by atoms with van der Waals surface area (Å²) in [5.41, 5.74) is 5.40. The fraction of sp³-hybridized carbons (Fsp3) is 0.938. The van der Waals surface area contributed by atoms with Gasteiger partial charge in [0, 0.05) is 12.0 Å². The van der Waals surface area contributed by atoms with Crippen molar-refractivity contribution in [2.75, 3.05) is 6.61 Å². The predicted octanol–water partition coefficient (Wildman–Crippen LogP) is 4.49. The molecular formula is C16H34N2O. The lowest BCUT2D eigenvalue weighted by Crippen LogP contribution is -2.30. The molecule has 0 aliphatic carbocycles. The van der Waals surface area contributed by atoms with E-state index in [4.69, 9.17) is 15.9 Å². The third-order valence-corrected chi connectivity index (χ3v) is 3.79. The van der Waals surface area contributed by atoms with Crippen molar-refractivity contribution < 1.29 is 4.74 Å². The summed E-state index contributed by atoms with van der Waals surface area (Å²) in [6, 6.07) is 0. The Bertz CT molecular complexity index is 239. The van der Waals surface area contributed by atoms with E-state index in [2.05, 4.69) is 13.8 Å². The largest absolute Gasteiger partial charge is 0.387 e. The molecule has 0 aliphatic heterocycles. The van der Waals surface area contributed by atoms with Gasteiger partial charge >= 0.3 is 0 Å². The lowest BCUT2D eigenvalue weighted by molar-refractivity contribution is 0.0551. The van der Waals surface area contributed by atoms with Crippen molar-refractivity contribution in [1.82, 2.24) is 0 Å². The van der Waals surface area contributed by atoms with E-state index in [1.165, 1.54) is 32.1 Å². The zero-order valence-corrected chi connectivity index (χ0v) is 13.4. The van der Waals surface area contributed by atoms with Gasteiger partial charge in [-0.2, -0.15) is 0 Å². The summed E-state index contributed by atoms with van der Waals surface area (Å²) < 4.78 is 5.81. The fourth-order valence-electron chi connectivity index (χ4n) is 2.03. The van der Waals surface area contributed by atoms with Gasteiger partial charge in [-0.15, -0.1) is 0 Å². The number of hydrogen-bond donors (Lipinski definition) is 2. The lowest BCUT2D eigenvalue weighted by Gasteiger charge is -2.22. The maximum atomic E-state index is 7.50. The highest BCUT2D eigenvalue weighted by molar-refractivity contribution is 5.82. The van der Waals surface area contributed by atoms with E-state index in [0.717, 1.165) is 25.9 Å². The van der Waals surface area contributed by atoms with Crippen LogP contribution in [0.2, 0.25) is 0 Å². The summed E-state index contributed by atoms with van der Waals surface area (Å²) >= 11 is 0. The Morgan fingerprint density at radius 3 is 2.42 bits per heavy atom. The second-order valence-electron chi connectivity index (χ2n) is 6.29. The van der Waals surface area contributed by atoms with Gasteiger partial charge in [0.25, 0.3) is 0 Å². The summed E-state index contributed by atoms with van der Waals surface area (Å²) in [7, 11) is 0. The second-order valence-corrected chi connectivity index (χ2v) is 6.29.